The van der Waals surface area contributed by atoms with Gasteiger partial charge in [-0.15, -0.1) is 0 Å². The lowest BCUT2D eigenvalue weighted by atomic mass is 9.79. The fraction of sp³-hybridized carbons (Fsp3) is 0.536. The maximum Gasteiger partial charge on any atom is 0.255 e. The number of carbonyl (C=O) groups is 2. The summed E-state index contributed by atoms with van der Waals surface area (Å²) < 4.78 is 0. The highest BCUT2D eigenvalue weighted by molar-refractivity contribution is 6.01. The number of aromatic amines is 1. The van der Waals surface area contributed by atoms with Crippen LogP contribution in [0.2, 0.25) is 0 Å². The Balaban J connectivity index is 1.15. The van der Waals surface area contributed by atoms with Crippen molar-refractivity contribution in [2.75, 3.05) is 0 Å². The molecule has 4 atom stereocenters. The van der Waals surface area contributed by atoms with Crippen molar-refractivity contribution in [3.05, 3.63) is 64.6 Å². The summed E-state index contributed by atoms with van der Waals surface area (Å²) in [6.07, 6.45) is 12.9. The summed E-state index contributed by atoms with van der Waals surface area (Å²) in [5, 5.41) is 14.4. The summed E-state index contributed by atoms with van der Waals surface area (Å²) in [4.78, 5) is 27.3. The monoisotopic (exact) mass is 473 g/mol. The van der Waals surface area contributed by atoms with Gasteiger partial charge in [0.15, 0.2) is 0 Å². The normalized spacial score (nSPS) is 28.6. The van der Waals surface area contributed by atoms with Crippen LogP contribution in [0, 0.1) is 5.92 Å². The topological polar surface area (TPSA) is 90.1 Å². The fourth-order valence-corrected chi connectivity index (χ4v) is 6.70. The van der Waals surface area contributed by atoms with Crippen molar-refractivity contribution in [2.24, 2.45) is 5.92 Å². The molecule has 1 aromatic heterocycles. The van der Waals surface area contributed by atoms with Gasteiger partial charge in [0.1, 0.15) is 6.04 Å². The minimum absolute atomic E-state index is 0.0240. The quantitative estimate of drug-likeness (QED) is 0.614. The number of amides is 2. The number of benzene rings is 1. The molecule has 7 heteroatoms. The van der Waals surface area contributed by atoms with Crippen LogP contribution < -0.4 is 10.6 Å². The zero-order chi connectivity index (χ0) is 23.9. The molecule has 4 aliphatic rings. The third kappa shape index (κ3) is 4.31. The van der Waals surface area contributed by atoms with Gasteiger partial charge in [-0.3, -0.25) is 14.7 Å². The number of rotatable bonds is 5. The van der Waals surface area contributed by atoms with Crippen LogP contribution in [0.15, 0.2) is 36.7 Å². The van der Waals surface area contributed by atoms with Gasteiger partial charge in [-0.2, -0.15) is 5.10 Å². The highest BCUT2D eigenvalue weighted by Crippen LogP contribution is 2.35. The summed E-state index contributed by atoms with van der Waals surface area (Å²) in [5.74, 6) is 0.449. The number of carbonyl (C=O) groups excluding carboxylic acids is 2. The molecule has 3 N–H and O–H groups in total. The Kier molecular flexibility index (Phi) is 5.96. The first kappa shape index (κ1) is 22.5. The number of fused-ring (bicyclic) bond motifs is 2. The number of aromatic nitrogens is 2. The van der Waals surface area contributed by atoms with Gasteiger partial charge in [-0.25, -0.2) is 0 Å². The lowest BCUT2D eigenvalue weighted by Crippen LogP contribution is -2.49. The summed E-state index contributed by atoms with van der Waals surface area (Å²) >= 11 is 0. The minimum atomic E-state index is -0.404. The molecule has 2 aromatic rings. The Hall–Kier alpha value is -2.93. The van der Waals surface area contributed by atoms with E-state index >= 15 is 0 Å². The van der Waals surface area contributed by atoms with E-state index in [0.717, 1.165) is 42.5 Å². The fourth-order valence-electron chi connectivity index (χ4n) is 6.70. The van der Waals surface area contributed by atoms with Crippen molar-refractivity contribution in [2.45, 2.75) is 88.9 Å². The van der Waals surface area contributed by atoms with Crippen LogP contribution in [0.1, 0.15) is 90.2 Å². The van der Waals surface area contributed by atoms with E-state index in [0.29, 0.717) is 31.0 Å². The molecule has 1 saturated carbocycles. The van der Waals surface area contributed by atoms with E-state index in [1.165, 1.54) is 48.9 Å². The zero-order valence-electron chi connectivity index (χ0n) is 20.3. The Bertz CT molecular complexity index is 1150. The number of allylic oxidation sites excluding steroid dienone is 1. The molecule has 0 radical (unpaired) electrons. The summed E-state index contributed by atoms with van der Waals surface area (Å²) in [6.45, 7) is 4.37. The lowest BCUT2D eigenvalue weighted by molar-refractivity contribution is -0.126. The van der Waals surface area contributed by atoms with Gasteiger partial charge in [0, 0.05) is 29.9 Å². The Morgan fingerprint density at radius 1 is 1.06 bits per heavy atom. The van der Waals surface area contributed by atoms with Crippen molar-refractivity contribution in [3.8, 4) is 0 Å². The van der Waals surface area contributed by atoms with Crippen LogP contribution in [0.5, 0.6) is 0 Å². The number of piperidine rings is 1. The van der Waals surface area contributed by atoms with E-state index in [4.69, 9.17) is 0 Å². The van der Waals surface area contributed by atoms with Gasteiger partial charge in [-0.1, -0.05) is 31.6 Å². The second-order valence-corrected chi connectivity index (χ2v) is 10.8. The molecular weight excluding hydrogens is 438 g/mol. The van der Waals surface area contributed by atoms with Crippen LogP contribution in [0.3, 0.4) is 0 Å². The maximum atomic E-state index is 13.1. The number of hydrogen-bond donors (Lipinski definition) is 3. The van der Waals surface area contributed by atoms with Gasteiger partial charge in [0.05, 0.1) is 11.9 Å². The third-order valence-corrected chi connectivity index (χ3v) is 8.56. The lowest BCUT2D eigenvalue weighted by Gasteiger charge is -2.36. The molecule has 2 aliphatic carbocycles. The van der Waals surface area contributed by atoms with Crippen molar-refractivity contribution < 1.29 is 9.59 Å². The van der Waals surface area contributed by atoms with Crippen molar-refractivity contribution in [3.63, 3.8) is 0 Å². The third-order valence-electron chi connectivity index (χ3n) is 8.56. The molecule has 2 amide bonds. The Morgan fingerprint density at radius 3 is 2.83 bits per heavy atom. The average molecular weight is 474 g/mol. The summed E-state index contributed by atoms with van der Waals surface area (Å²) in [5.41, 5.74) is 6.49. The van der Waals surface area contributed by atoms with E-state index in [-0.39, 0.29) is 11.8 Å². The largest absolute Gasteiger partial charge is 0.329 e. The van der Waals surface area contributed by atoms with Gasteiger partial charge < -0.3 is 15.5 Å². The number of aryl methyl sites for hydroxylation is 1. The van der Waals surface area contributed by atoms with Crippen molar-refractivity contribution >= 4 is 11.8 Å². The second kappa shape index (κ2) is 9.26. The summed E-state index contributed by atoms with van der Waals surface area (Å²) in [7, 11) is 0. The van der Waals surface area contributed by atoms with Crippen LogP contribution in [0.4, 0.5) is 0 Å². The predicted molar refractivity (Wildman–Crippen MR) is 133 cm³/mol. The molecular formula is C28H35N5O2. The molecule has 1 saturated heterocycles. The van der Waals surface area contributed by atoms with Gasteiger partial charge in [0.2, 0.25) is 5.91 Å². The first-order chi connectivity index (χ1) is 17.1. The molecule has 6 rings (SSSR count). The predicted octanol–water partition coefficient (Wildman–Crippen LogP) is 3.93. The molecule has 7 nitrogen and oxygen atoms in total. The average Bonchev–Trinajstić information content (AvgIpc) is 3.46. The second-order valence-electron chi connectivity index (χ2n) is 10.8. The standard InChI is InChI=1S/C28H35N5O2/c1-17-9-12-25(27(34)30-17)33-16-21-14-18(10-11-22(21)28(33)35)13-19-5-2-3-7-23(19)31-24-8-4-6-20-15-29-32-26(20)24/h10-11,14-15,19,23-25,31H,1-9,12-13,16H2,(H,29,32)(H,30,34)/t19-,23+,24?,25?/m1/s1. The van der Waals surface area contributed by atoms with E-state index in [1.807, 2.05) is 12.3 Å². The maximum absolute atomic E-state index is 13.1. The van der Waals surface area contributed by atoms with E-state index < -0.39 is 6.04 Å². The first-order valence-electron chi connectivity index (χ1n) is 13.3. The van der Waals surface area contributed by atoms with Gasteiger partial charge >= 0.3 is 0 Å². The van der Waals surface area contributed by atoms with E-state index in [9.17, 15) is 9.59 Å². The highest BCUT2D eigenvalue weighted by Gasteiger charge is 2.38. The number of H-pyrrole nitrogens is 1. The Morgan fingerprint density at radius 2 is 1.94 bits per heavy atom. The van der Waals surface area contributed by atoms with Crippen molar-refractivity contribution in [1.29, 1.82) is 0 Å². The number of nitrogens with zero attached hydrogens (tertiary/aromatic N) is 2. The van der Waals surface area contributed by atoms with Gasteiger partial charge in [0.25, 0.3) is 5.91 Å². The van der Waals surface area contributed by atoms with E-state index in [2.05, 4.69) is 39.5 Å². The van der Waals surface area contributed by atoms with Crippen LogP contribution in [-0.4, -0.2) is 39.0 Å². The van der Waals surface area contributed by atoms with Crippen LogP contribution in [-0.2, 0) is 24.2 Å². The molecule has 2 fully saturated rings. The minimum Gasteiger partial charge on any atom is -0.329 e. The molecule has 3 heterocycles. The molecule has 184 valence electrons. The smallest absolute Gasteiger partial charge is 0.255 e. The molecule has 0 bridgehead atoms. The molecule has 2 aliphatic heterocycles. The number of hydrogen-bond acceptors (Lipinski definition) is 4. The Labute approximate surface area is 206 Å². The first-order valence-corrected chi connectivity index (χ1v) is 13.3. The molecule has 1 aromatic carbocycles. The van der Waals surface area contributed by atoms with Gasteiger partial charge in [-0.05, 0) is 80.0 Å². The van der Waals surface area contributed by atoms with Crippen LogP contribution in [0.25, 0.3) is 0 Å². The highest BCUT2D eigenvalue weighted by atomic mass is 16.2. The summed E-state index contributed by atoms with van der Waals surface area (Å²) in [6, 6.07) is 6.78. The van der Waals surface area contributed by atoms with E-state index in [1.54, 1.807) is 4.90 Å². The van der Waals surface area contributed by atoms with Crippen LogP contribution >= 0.6 is 0 Å². The van der Waals surface area contributed by atoms with Crippen molar-refractivity contribution in [1.82, 2.24) is 25.7 Å². The molecule has 35 heavy (non-hydrogen) atoms. The SMILES string of the molecule is C=C1CCC(N2Cc3cc(C[C@H]4CCCC[C@@H]4NC4CCCc5cn[nH]c54)ccc3C2=O)C(=O)N1. The number of nitrogens with one attached hydrogen (secondary N) is 3. The molecule has 0 spiro atoms. The zero-order valence-corrected chi connectivity index (χ0v) is 20.3. The molecule has 2 unspecified atom stereocenters.